The van der Waals surface area contributed by atoms with Crippen molar-refractivity contribution in [3.05, 3.63) is 34.6 Å². The molecule has 0 bridgehead atoms. The van der Waals surface area contributed by atoms with Crippen LogP contribution < -0.4 is 5.32 Å². The zero-order valence-corrected chi connectivity index (χ0v) is 8.97. The Bertz CT molecular complexity index is 357. The van der Waals surface area contributed by atoms with Gasteiger partial charge in [-0.25, -0.2) is 9.18 Å². The average molecular weight is 232 g/mol. The highest BCUT2D eigenvalue weighted by Crippen LogP contribution is 2.17. The van der Waals surface area contributed by atoms with Gasteiger partial charge in [-0.05, 0) is 17.7 Å². The fraction of sp³-hybridized carbons (Fsp3) is 0.300. The minimum atomic E-state index is -0.492. The predicted octanol–water partition coefficient (Wildman–Crippen LogP) is 2.38. The van der Waals surface area contributed by atoms with E-state index in [0.29, 0.717) is 11.4 Å². The third-order valence-corrected chi connectivity index (χ3v) is 2.18. The number of carbonyl (C=O) groups is 1. The van der Waals surface area contributed by atoms with Gasteiger partial charge in [0.15, 0.2) is 0 Å². The highest BCUT2D eigenvalue weighted by molar-refractivity contribution is 6.31. The summed E-state index contributed by atoms with van der Waals surface area (Å²) in [5.74, 6) is -0.379. The maximum atomic E-state index is 12.7. The van der Waals surface area contributed by atoms with Crippen molar-refractivity contribution in [3.8, 4) is 0 Å². The molecule has 0 spiro atoms. The van der Waals surface area contributed by atoms with Crippen LogP contribution >= 0.6 is 11.6 Å². The Morgan fingerprint density at radius 3 is 2.93 bits per heavy atom. The van der Waals surface area contributed by atoms with Crippen LogP contribution in [0.15, 0.2) is 18.2 Å². The third kappa shape index (κ3) is 3.75. The lowest BCUT2D eigenvalue weighted by molar-refractivity contribution is 0.150. The van der Waals surface area contributed by atoms with Gasteiger partial charge in [-0.1, -0.05) is 17.7 Å². The van der Waals surface area contributed by atoms with Gasteiger partial charge < -0.3 is 10.1 Å². The van der Waals surface area contributed by atoms with Crippen molar-refractivity contribution in [1.82, 2.24) is 5.32 Å². The van der Waals surface area contributed by atoms with Crippen LogP contribution in [0, 0.1) is 5.82 Å². The lowest BCUT2D eigenvalue weighted by Crippen LogP contribution is -2.20. The molecule has 0 atom stereocenters. The lowest BCUT2D eigenvalue weighted by atomic mass is 10.1. The van der Waals surface area contributed by atoms with Crippen LogP contribution in [-0.2, 0) is 11.2 Å². The second-order valence-electron chi connectivity index (χ2n) is 2.87. The Morgan fingerprint density at radius 2 is 2.33 bits per heavy atom. The van der Waals surface area contributed by atoms with E-state index >= 15 is 0 Å². The van der Waals surface area contributed by atoms with Crippen molar-refractivity contribution in [3.63, 3.8) is 0 Å². The van der Waals surface area contributed by atoms with Gasteiger partial charge in [-0.3, -0.25) is 0 Å². The maximum absolute atomic E-state index is 12.7. The molecule has 0 unspecified atom stereocenters. The van der Waals surface area contributed by atoms with E-state index < -0.39 is 6.09 Å². The molecule has 0 heterocycles. The average Bonchev–Trinajstić information content (AvgIpc) is 2.21. The maximum Gasteiger partial charge on any atom is 0.406 e. The van der Waals surface area contributed by atoms with Gasteiger partial charge in [-0.15, -0.1) is 0 Å². The number of benzene rings is 1. The quantitative estimate of drug-likeness (QED) is 0.868. The molecule has 0 saturated carbocycles. The SMILES string of the molecule is CNC(=O)OCCc1ccc(F)cc1Cl. The van der Waals surface area contributed by atoms with Crippen LogP contribution in [-0.4, -0.2) is 19.7 Å². The summed E-state index contributed by atoms with van der Waals surface area (Å²) < 4.78 is 17.5. The minimum Gasteiger partial charge on any atom is -0.449 e. The number of hydrogen-bond donors (Lipinski definition) is 1. The highest BCUT2D eigenvalue weighted by atomic mass is 35.5. The number of nitrogens with one attached hydrogen (secondary N) is 1. The summed E-state index contributed by atoms with van der Waals surface area (Å²) in [4.78, 5) is 10.7. The number of ether oxygens (including phenoxy) is 1. The fourth-order valence-corrected chi connectivity index (χ4v) is 1.31. The number of alkyl carbamates (subject to hydrolysis) is 1. The Kier molecular flexibility index (Phi) is 4.37. The molecule has 0 saturated heterocycles. The molecule has 5 heteroatoms. The molecule has 0 aliphatic heterocycles. The van der Waals surface area contributed by atoms with Crippen molar-refractivity contribution < 1.29 is 13.9 Å². The second kappa shape index (κ2) is 5.56. The molecule has 1 aromatic rings. The highest BCUT2D eigenvalue weighted by Gasteiger charge is 2.03. The summed E-state index contributed by atoms with van der Waals surface area (Å²) >= 11 is 5.78. The minimum absolute atomic E-state index is 0.213. The molecule has 0 radical (unpaired) electrons. The molecule has 0 aliphatic rings. The molecule has 1 aromatic carbocycles. The number of carbonyl (C=O) groups excluding carboxylic acids is 1. The van der Waals surface area contributed by atoms with E-state index in [9.17, 15) is 9.18 Å². The van der Waals surface area contributed by atoms with Crippen molar-refractivity contribution in [2.24, 2.45) is 0 Å². The molecule has 3 nitrogen and oxygen atoms in total. The van der Waals surface area contributed by atoms with Gasteiger partial charge >= 0.3 is 6.09 Å². The Balaban J connectivity index is 2.47. The van der Waals surface area contributed by atoms with Crippen LogP contribution in [0.2, 0.25) is 5.02 Å². The monoisotopic (exact) mass is 231 g/mol. The van der Waals surface area contributed by atoms with E-state index in [0.717, 1.165) is 5.56 Å². The van der Waals surface area contributed by atoms with Crippen molar-refractivity contribution >= 4 is 17.7 Å². The Morgan fingerprint density at radius 1 is 1.60 bits per heavy atom. The smallest absolute Gasteiger partial charge is 0.406 e. The number of hydrogen-bond acceptors (Lipinski definition) is 2. The summed E-state index contributed by atoms with van der Waals surface area (Å²) in [6.45, 7) is 0.213. The number of halogens is 2. The molecule has 1 amide bonds. The first-order valence-electron chi connectivity index (χ1n) is 4.42. The predicted molar refractivity (Wildman–Crippen MR) is 55.5 cm³/mol. The van der Waals surface area contributed by atoms with Crippen molar-refractivity contribution in [2.75, 3.05) is 13.7 Å². The molecule has 1 rings (SSSR count). The van der Waals surface area contributed by atoms with Gasteiger partial charge in [0.2, 0.25) is 0 Å². The molecule has 15 heavy (non-hydrogen) atoms. The van der Waals surface area contributed by atoms with Crippen LogP contribution in [0.1, 0.15) is 5.56 Å². The summed E-state index contributed by atoms with van der Waals surface area (Å²) in [6, 6.07) is 4.13. The summed E-state index contributed by atoms with van der Waals surface area (Å²) in [7, 11) is 1.48. The first-order valence-corrected chi connectivity index (χ1v) is 4.79. The van der Waals surface area contributed by atoms with Gasteiger partial charge in [0.1, 0.15) is 5.82 Å². The molecular weight excluding hydrogens is 221 g/mol. The number of amides is 1. The zero-order valence-electron chi connectivity index (χ0n) is 8.22. The second-order valence-corrected chi connectivity index (χ2v) is 3.28. The van der Waals surface area contributed by atoms with E-state index in [1.165, 1.54) is 19.2 Å². The van der Waals surface area contributed by atoms with E-state index in [1.54, 1.807) is 6.07 Å². The first kappa shape index (κ1) is 11.8. The fourth-order valence-electron chi connectivity index (χ4n) is 1.05. The molecule has 82 valence electrons. The van der Waals surface area contributed by atoms with Crippen LogP contribution in [0.3, 0.4) is 0 Å². The van der Waals surface area contributed by atoms with Gasteiger partial charge in [0.05, 0.1) is 6.61 Å². The summed E-state index contributed by atoms with van der Waals surface area (Å²) in [5, 5.41) is 2.66. The van der Waals surface area contributed by atoms with Crippen LogP contribution in [0.25, 0.3) is 0 Å². The molecule has 0 aliphatic carbocycles. The number of rotatable bonds is 3. The van der Waals surface area contributed by atoms with Gasteiger partial charge in [0, 0.05) is 18.5 Å². The zero-order chi connectivity index (χ0) is 11.3. The van der Waals surface area contributed by atoms with Gasteiger partial charge in [-0.2, -0.15) is 0 Å². The van der Waals surface area contributed by atoms with E-state index in [-0.39, 0.29) is 12.4 Å². The van der Waals surface area contributed by atoms with Crippen LogP contribution in [0.5, 0.6) is 0 Å². The normalized spacial score (nSPS) is 9.80. The summed E-state index contributed by atoms with van der Waals surface area (Å²) in [6.07, 6.45) is -0.0276. The van der Waals surface area contributed by atoms with Crippen molar-refractivity contribution in [2.45, 2.75) is 6.42 Å². The third-order valence-electron chi connectivity index (χ3n) is 1.82. The van der Waals surface area contributed by atoms with Crippen molar-refractivity contribution in [1.29, 1.82) is 0 Å². The largest absolute Gasteiger partial charge is 0.449 e. The Labute approximate surface area is 92.2 Å². The lowest BCUT2D eigenvalue weighted by Gasteiger charge is -2.05. The summed E-state index contributed by atoms with van der Waals surface area (Å²) in [5.41, 5.74) is 0.752. The molecule has 0 fully saturated rings. The van der Waals surface area contributed by atoms with E-state index in [1.807, 2.05) is 0 Å². The standard InChI is InChI=1S/C10H11ClFNO2/c1-13-10(14)15-5-4-7-2-3-8(12)6-9(7)11/h2-3,6H,4-5H2,1H3,(H,13,14). The van der Waals surface area contributed by atoms with Gasteiger partial charge in [0.25, 0.3) is 0 Å². The molecule has 1 N–H and O–H groups in total. The molecular formula is C10H11ClFNO2. The van der Waals surface area contributed by atoms with Crippen LogP contribution in [0.4, 0.5) is 9.18 Å². The van der Waals surface area contributed by atoms with E-state index in [2.05, 4.69) is 5.32 Å². The first-order chi connectivity index (χ1) is 7.13. The Hall–Kier alpha value is -1.29. The topological polar surface area (TPSA) is 38.3 Å². The molecule has 0 aromatic heterocycles. The van der Waals surface area contributed by atoms with E-state index in [4.69, 9.17) is 16.3 Å².